The Hall–Kier alpha value is -1.09. The van der Waals surface area contributed by atoms with E-state index in [1.165, 1.54) is 30.5 Å². The first-order valence-electron chi connectivity index (χ1n) is 7.19. The maximum Gasteiger partial charge on any atom is 0.0447 e. The number of hydrogen-bond donors (Lipinski definition) is 1. The third-order valence-electron chi connectivity index (χ3n) is 3.98. The van der Waals surface area contributed by atoms with E-state index in [4.69, 9.17) is 0 Å². The molecule has 2 atom stereocenters. The number of nitrogens with one attached hydrogen (secondary N) is 1. The van der Waals surface area contributed by atoms with E-state index in [9.17, 15) is 0 Å². The summed E-state index contributed by atoms with van der Waals surface area (Å²) in [4.78, 5) is 6.88. The number of anilines is 1. The first-order valence-corrected chi connectivity index (χ1v) is 7.19. The molecule has 2 rings (SSSR count). The van der Waals surface area contributed by atoms with Gasteiger partial charge in [0.1, 0.15) is 0 Å². The van der Waals surface area contributed by atoms with E-state index in [2.05, 4.69) is 42.0 Å². The second-order valence-corrected chi connectivity index (χ2v) is 5.18. The number of aromatic nitrogens is 1. The zero-order valence-corrected chi connectivity index (χ0v) is 11.8. The van der Waals surface area contributed by atoms with E-state index in [1.807, 2.05) is 12.4 Å². The van der Waals surface area contributed by atoms with E-state index in [-0.39, 0.29) is 0 Å². The van der Waals surface area contributed by atoms with Crippen molar-refractivity contribution < 1.29 is 0 Å². The predicted octanol–water partition coefficient (Wildman–Crippen LogP) is 2.96. The van der Waals surface area contributed by atoms with Crippen molar-refractivity contribution in [3.63, 3.8) is 0 Å². The van der Waals surface area contributed by atoms with E-state index < -0.39 is 0 Å². The van der Waals surface area contributed by atoms with Crippen molar-refractivity contribution >= 4 is 5.69 Å². The summed E-state index contributed by atoms with van der Waals surface area (Å²) in [5.41, 5.74) is 2.70. The third-order valence-corrected chi connectivity index (χ3v) is 3.98. The van der Waals surface area contributed by atoms with Gasteiger partial charge in [-0.15, -0.1) is 0 Å². The second kappa shape index (κ2) is 6.19. The molecule has 0 bridgehead atoms. The molecule has 1 aromatic rings. The molecule has 1 N–H and O–H groups in total. The summed E-state index contributed by atoms with van der Waals surface area (Å²) in [5.74, 6) is 0. The van der Waals surface area contributed by atoms with Crippen LogP contribution in [0.2, 0.25) is 0 Å². The van der Waals surface area contributed by atoms with Crippen molar-refractivity contribution in [2.24, 2.45) is 0 Å². The van der Waals surface area contributed by atoms with Crippen LogP contribution < -0.4 is 10.2 Å². The van der Waals surface area contributed by atoms with Crippen LogP contribution in [0.3, 0.4) is 0 Å². The van der Waals surface area contributed by atoms with Crippen LogP contribution in [0.1, 0.15) is 45.6 Å². The van der Waals surface area contributed by atoms with Gasteiger partial charge < -0.3 is 10.2 Å². The van der Waals surface area contributed by atoms with Gasteiger partial charge in [0.2, 0.25) is 0 Å². The van der Waals surface area contributed by atoms with Gasteiger partial charge in [-0.2, -0.15) is 0 Å². The molecular weight excluding hydrogens is 222 g/mol. The first-order chi connectivity index (χ1) is 8.77. The third kappa shape index (κ3) is 2.66. The van der Waals surface area contributed by atoms with Gasteiger partial charge in [-0.3, -0.25) is 4.98 Å². The van der Waals surface area contributed by atoms with E-state index in [1.54, 1.807) is 0 Å². The lowest BCUT2D eigenvalue weighted by Crippen LogP contribution is -2.35. The number of rotatable bonds is 5. The van der Waals surface area contributed by atoms with E-state index in [0.717, 1.165) is 13.1 Å². The molecule has 1 aromatic heterocycles. The Labute approximate surface area is 111 Å². The monoisotopic (exact) mass is 247 g/mol. The van der Waals surface area contributed by atoms with Crippen LogP contribution in [-0.2, 0) is 6.54 Å². The van der Waals surface area contributed by atoms with Crippen LogP contribution in [0.15, 0.2) is 18.5 Å². The summed E-state index contributed by atoms with van der Waals surface area (Å²) in [6.45, 7) is 8.69. The summed E-state index contributed by atoms with van der Waals surface area (Å²) in [6.07, 6.45) is 7.79. The lowest BCUT2D eigenvalue weighted by Gasteiger charge is -2.32. The second-order valence-electron chi connectivity index (χ2n) is 5.18. The molecule has 1 aliphatic heterocycles. The van der Waals surface area contributed by atoms with Crippen molar-refractivity contribution in [1.82, 2.24) is 10.3 Å². The molecule has 1 aliphatic rings. The van der Waals surface area contributed by atoms with Gasteiger partial charge in [-0.05, 0) is 38.8 Å². The predicted molar refractivity (Wildman–Crippen MR) is 76.9 cm³/mol. The lowest BCUT2D eigenvalue weighted by molar-refractivity contribution is 0.621. The van der Waals surface area contributed by atoms with Crippen LogP contribution >= 0.6 is 0 Å². The van der Waals surface area contributed by atoms with E-state index in [0.29, 0.717) is 12.1 Å². The van der Waals surface area contributed by atoms with Crippen LogP contribution in [0.4, 0.5) is 5.69 Å². The summed E-state index contributed by atoms with van der Waals surface area (Å²) < 4.78 is 0. The Morgan fingerprint density at radius 1 is 1.39 bits per heavy atom. The van der Waals surface area contributed by atoms with Gasteiger partial charge in [0.15, 0.2) is 0 Å². The number of hydrogen-bond acceptors (Lipinski definition) is 3. The Balaban J connectivity index is 2.25. The highest BCUT2D eigenvalue weighted by Crippen LogP contribution is 2.33. The molecule has 1 fully saturated rings. The van der Waals surface area contributed by atoms with Gasteiger partial charge in [0, 0.05) is 42.3 Å². The van der Waals surface area contributed by atoms with Crippen molar-refractivity contribution in [2.75, 3.05) is 11.4 Å². The van der Waals surface area contributed by atoms with Crippen LogP contribution in [-0.4, -0.2) is 23.6 Å². The Morgan fingerprint density at radius 3 is 2.94 bits per heavy atom. The molecule has 0 radical (unpaired) electrons. The molecule has 2 heterocycles. The number of nitrogens with zero attached hydrogens (tertiary/aromatic N) is 2. The summed E-state index contributed by atoms with van der Waals surface area (Å²) >= 11 is 0. The average Bonchev–Trinajstić information content (AvgIpc) is 2.77. The fourth-order valence-corrected chi connectivity index (χ4v) is 2.97. The molecule has 0 aromatic carbocycles. The molecule has 3 heteroatoms. The molecule has 0 amide bonds. The standard InChI is InChI=1S/C15H25N3/c1-4-14-7-6-12(3)18(14)15-8-9-17-11-13(15)10-16-5-2/h8-9,11-12,14,16H,4-7,10H2,1-3H3. The molecular formula is C15H25N3. The summed E-state index contributed by atoms with van der Waals surface area (Å²) in [7, 11) is 0. The SMILES string of the molecule is CCNCc1cnccc1N1C(C)CCC1CC. The Morgan fingerprint density at radius 2 is 2.22 bits per heavy atom. The zero-order valence-electron chi connectivity index (χ0n) is 11.8. The Bertz CT molecular complexity index is 378. The first kappa shape index (κ1) is 13.3. The van der Waals surface area contributed by atoms with Gasteiger partial charge >= 0.3 is 0 Å². The van der Waals surface area contributed by atoms with Crippen molar-refractivity contribution in [1.29, 1.82) is 0 Å². The maximum atomic E-state index is 4.28. The van der Waals surface area contributed by atoms with Crippen molar-refractivity contribution in [3.8, 4) is 0 Å². The van der Waals surface area contributed by atoms with Crippen molar-refractivity contribution in [3.05, 3.63) is 24.0 Å². The fourth-order valence-electron chi connectivity index (χ4n) is 2.97. The Kier molecular flexibility index (Phi) is 4.59. The summed E-state index contributed by atoms with van der Waals surface area (Å²) in [5, 5.41) is 3.41. The molecule has 0 spiro atoms. The molecule has 3 nitrogen and oxygen atoms in total. The quantitative estimate of drug-likeness (QED) is 0.867. The average molecular weight is 247 g/mol. The normalized spacial score (nSPS) is 23.6. The largest absolute Gasteiger partial charge is 0.365 e. The van der Waals surface area contributed by atoms with Gasteiger partial charge in [0.05, 0.1) is 0 Å². The molecule has 1 saturated heterocycles. The highest BCUT2D eigenvalue weighted by atomic mass is 15.2. The molecule has 100 valence electrons. The van der Waals surface area contributed by atoms with Crippen molar-refractivity contribution in [2.45, 2.75) is 58.7 Å². The van der Waals surface area contributed by atoms with Gasteiger partial charge in [-0.25, -0.2) is 0 Å². The molecule has 2 unspecified atom stereocenters. The van der Waals surface area contributed by atoms with E-state index >= 15 is 0 Å². The minimum Gasteiger partial charge on any atom is -0.365 e. The van der Waals surface area contributed by atoms with Gasteiger partial charge in [0.25, 0.3) is 0 Å². The maximum absolute atomic E-state index is 4.28. The minimum atomic E-state index is 0.651. The minimum absolute atomic E-state index is 0.651. The highest BCUT2D eigenvalue weighted by molar-refractivity contribution is 5.54. The lowest BCUT2D eigenvalue weighted by atomic mass is 10.1. The van der Waals surface area contributed by atoms with Crippen LogP contribution in [0, 0.1) is 0 Å². The van der Waals surface area contributed by atoms with Crippen LogP contribution in [0.25, 0.3) is 0 Å². The topological polar surface area (TPSA) is 28.2 Å². The fraction of sp³-hybridized carbons (Fsp3) is 0.667. The zero-order chi connectivity index (χ0) is 13.0. The van der Waals surface area contributed by atoms with Gasteiger partial charge in [-0.1, -0.05) is 13.8 Å². The number of pyridine rings is 1. The molecule has 0 aliphatic carbocycles. The summed E-state index contributed by atoms with van der Waals surface area (Å²) in [6, 6.07) is 3.53. The molecule has 0 saturated carbocycles. The highest BCUT2D eigenvalue weighted by Gasteiger charge is 2.30. The molecule has 18 heavy (non-hydrogen) atoms. The smallest absolute Gasteiger partial charge is 0.0447 e. The van der Waals surface area contributed by atoms with Crippen LogP contribution in [0.5, 0.6) is 0 Å².